The van der Waals surface area contributed by atoms with E-state index in [1.54, 1.807) is 7.11 Å². The van der Waals surface area contributed by atoms with Crippen LogP contribution in [0, 0.1) is 6.92 Å². The van der Waals surface area contributed by atoms with E-state index in [-0.39, 0.29) is 11.9 Å². The summed E-state index contributed by atoms with van der Waals surface area (Å²) in [5.41, 5.74) is 2.92. The quantitative estimate of drug-likeness (QED) is 0.0929. The summed E-state index contributed by atoms with van der Waals surface area (Å²) in [5.74, 6) is 4.34. The van der Waals surface area contributed by atoms with Crippen LogP contribution in [0.2, 0.25) is 0 Å². The van der Waals surface area contributed by atoms with Gasteiger partial charge in [-0.1, -0.05) is 77.7 Å². The summed E-state index contributed by atoms with van der Waals surface area (Å²) in [5, 5.41) is 7.47. The molecule has 1 aromatic heterocycles. The SMILES string of the molecule is COc1cc2c(N[C@H](C)c3cccc(Br)c3)nc(C)nc2cc1OCCCCCCCNC(=O)Cc1ccc(Oc2ccccc2)cc1. The maximum atomic E-state index is 12.4. The Morgan fingerprint density at radius 1 is 0.833 bits per heavy atom. The van der Waals surface area contributed by atoms with Crippen molar-refractivity contribution in [3.8, 4) is 23.0 Å². The lowest BCUT2D eigenvalue weighted by molar-refractivity contribution is -0.120. The van der Waals surface area contributed by atoms with Gasteiger partial charge in [0.25, 0.3) is 0 Å². The van der Waals surface area contributed by atoms with Gasteiger partial charge in [0.05, 0.1) is 31.7 Å². The lowest BCUT2D eigenvalue weighted by atomic mass is 10.1. The number of rotatable bonds is 17. The van der Waals surface area contributed by atoms with Gasteiger partial charge in [0.2, 0.25) is 5.91 Å². The fraction of sp³-hybridized carbons (Fsp3) is 0.308. The van der Waals surface area contributed by atoms with Gasteiger partial charge in [-0.2, -0.15) is 0 Å². The predicted molar refractivity (Wildman–Crippen MR) is 195 cm³/mol. The molecule has 0 fully saturated rings. The topological polar surface area (TPSA) is 94.6 Å². The molecule has 250 valence electrons. The van der Waals surface area contributed by atoms with Gasteiger partial charge in [-0.25, -0.2) is 9.97 Å². The third kappa shape index (κ3) is 10.2. The van der Waals surface area contributed by atoms with E-state index in [9.17, 15) is 4.79 Å². The van der Waals surface area contributed by atoms with Crippen LogP contribution in [0.1, 0.15) is 62.0 Å². The largest absolute Gasteiger partial charge is 0.493 e. The van der Waals surface area contributed by atoms with Crippen molar-refractivity contribution in [2.75, 3.05) is 25.6 Å². The van der Waals surface area contributed by atoms with Crippen molar-refractivity contribution in [3.63, 3.8) is 0 Å². The zero-order valence-electron chi connectivity index (χ0n) is 27.8. The van der Waals surface area contributed by atoms with E-state index in [4.69, 9.17) is 19.2 Å². The summed E-state index contributed by atoms with van der Waals surface area (Å²) in [6, 6.07) is 29.5. The number of ether oxygens (including phenoxy) is 3. The molecule has 0 spiro atoms. The predicted octanol–water partition coefficient (Wildman–Crippen LogP) is 9.36. The molecule has 0 saturated carbocycles. The number of carbonyl (C=O) groups excluding carboxylic acids is 1. The molecule has 0 aliphatic rings. The summed E-state index contributed by atoms with van der Waals surface area (Å²) in [4.78, 5) is 21.8. The standard InChI is InChI=1S/C39H43BrN4O4/c1-27(30-13-12-14-31(40)24-30)42-39-34-25-36(46-3)37(26-35(34)43-28(2)44-39)47-22-11-6-4-5-10-21-41-38(45)23-29-17-19-33(20-18-29)48-32-15-8-7-9-16-32/h7-9,12-20,24-27H,4-6,10-11,21-23H2,1-3H3,(H,41,45)(H,42,43,44)/t27-/m1/s1. The molecule has 0 radical (unpaired) electrons. The van der Waals surface area contributed by atoms with Crippen LogP contribution >= 0.6 is 15.9 Å². The highest BCUT2D eigenvalue weighted by Crippen LogP contribution is 2.35. The van der Waals surface area contributed by atoms with Crippen LogP contribution in [0.4, 0.5) is 5.82 Å². The summed E-state index contributed by atoms with van der Waals surface area (Å²) in [6.45, 7) is 5.27. The van der Waals surface area contributed by atoms with Crippen molar-refractivity contribution in [3.05, 3.63) is 112 Å². The van der Waals surface area contributed by atoms with E-state index in [0.717, 1.165) is 75.9 Å². The maximum Gasteiger partial charge on any atom is 0.224 e. The normalized spacial score (nSPS) is 11.6. The van der Waals surface area contributed by atoms with Crippen molar-refractivity contribution in [1.82, 2.24) is 15.3 Å². The molecule has 5 rings (SSSR count). The Morgan fingerprint density at radius 3 is 2.35 bits per heavy atom. The minimum Gasteiger partial charge on any atom is -0.493 e. The fourth-order valence-electron chi connectivity index (χ4n) is 5.41. The van der Waals surface area contributed by atoms with Gasteiger partial charge in [-0.05, 0) is 80.3 Å². The molecule has 5 aromatic rings. The molecule has 0 aliphatic carbocycles. The van der Waals surface area contributed by atoms with Crippen LogP contribution in [0.25, 0.3) is 10.9 Å². The molecule has 0 bridgehead atoms. The van der Waals surface area contributed by atoms with E-state index in [1.807, 2.05) is 85.8 Å². The molecule has 9 heteroatoms. The van der Waals surface area contributed by atoms with Crippen LogP contribution in [0.15, 0.2) is 95.5 Å². The van der Waals surface area contributed by atoms with Crippen LogP contribution in [0.3, 0.4) is 0 Å². The summed E-state index contributed by atoms with van der Waals surface area (Å²) in [6.07, 6.45) is 5.41. The first kappa shape index (κ1) is 34.7. The Morgan fingerprint density at radius 2 is 1.58 bits per heavy atom. The molecule has 0 unspecified atom stereocenters. The molecular weight excluding hydrogens is 668 g/mol. The number of para-hydroxylation sites is 1. The Balaban J connectivity index is 1.01. The van der Waals surface area contributed by atoms with Crippen LogP contribution in [-0.4, -0.2) is 36.1 Å². The molecule has 1 amide bonds. The van der Waals surface area contributed by atoms with E-state index < -0.39 is 0 Å². The molecule has 0 aliphatic heterocycles. The number of aryl methyl sites for hydroxylation is 1. The zero-order chi connectivity index (χ0) is 33.7. The number of nitrogens with one attached hydrogen (secondary N) is 2. The third-order valence-corrected chi connectivity index (χ3v) is 8.46. The molecule has 0 saturated heterocycles. The number of hydrogen-bond donors (Lipinski definition) is 2. The van der Waals surface area contributed by atoms with E-state index in [0.29, 0.717) is 36.9 Å². The highest BCUT2D eigenvalue weighted by Gasteiger charge is 2.15. The average Bonchev–Trinajstić information content (AvgIpc) is 3.08. The molecule has 1 atom stereocenters. The average molecular weight is 712 g/mol. The first-order chi connectivity index (χ1) is 23.4. The number of carbonyl (C=O) groups is 1. The highest BCUT2D eigenvalue weighted by molar-refractivity contribution is 9.10. The van der Waals surface area contributed by atoms with Gasteiger partial charge in [-0.3, -0.25) is 4.79 Å². The van der Waals surface area contributed by atoms with Crippen molar-refractivity contribution >= 4 is 38.6 Å². The Kier molecular flexibility index (Phi) is 12.7. The molecule has 2 N–H and O–H groups in total. The van der Waals surface area contributed by atoms with E-state index in [1.165, 1.54) is 0 Å². The molecule has 8 nitrogen and oxygen atoms in total. The minimum atomic E-state index is 0.0341. The molecular formula is C39H43BrN4O4. The summed E-state index contributed by atoms with van der Waals surface area (Å²) < 4.78 is 18.7. The number of hydrogen-bond acceptors (Lipinski definition) is 7. The van der Waals surface area contributed by atoms with Gasteiger partial charge >= 0.3 is 0 Å². The number of amides is 1. The van der Waals surface area contributed by atoms with Crippen LogP contribution in [0.5, 0.6) is 23.0 Å². The number of anilines is 1. The number of halogens is 1. The smallest absolute Gasteiger partial charge is 0.224 e. The minimum absolute atomic E-state index is 0.0341. The first-order valence-electron chi connectivity index (χ1n) is 16.5. The summed E-state index contributed by atoms with van der Waals surface area (Å²) in [7, 11) is 1.65. The van der Waals surface area contributed by atoms with Gasteiger partial charge in [0.1, 0.15) is 23.1 Å². The zero-order valence-corrected chi connectivity index (χ0v) is 29.4. The highest BCUT2D eigenvalue weighted by atomic mass is 79.9. The number of unbranched alkanes of at least 4 members (excludes halogenated alkanes) is 4. The lowest BCUT2D eigenvalue weighted by Crippen LogP contribution is -2.26. The van der Waals surface area contributed by atoms with E-state index >= 15 is 0 Å². The van der Waals surface area contributed by atoms with Crippen LogP contribution < -0.4 is 24.8 Å². The van der Waals surface area contributed by atoms with Crippen molar-refractivity contribution < 1.29 is 19.0 Å². The van der Waals surface area contributed by atoms with Gasteiger partial charge in [0, 0.05) is 22.5 Å². The monoisotopic (exact) mass is 710 g/mol. The second-order valence-electron chi connectivity index (χ2n) is 11.8. The second kappa shape index (κ2) is 17.5. The van der Waals surface area contributed by atoms with Crippen LogP contribution in [-0.2, 0) is 11.2 Å². The first-order valence-corrected chi connectivity index (χ1v) is 17.3. The maximum absolute atomic E-state index is 12.4. The Hall–Kier alpha value is -4.63. The molecule has 4 aromatic carbocycles. The number of aromatic nitrogens is 2. The number of nitrogens with zero attached hydrogens (tertiary/aromatic N) is 2. The molecule has 48 heavy (non-hydrogen) atoms. The second-order valence-corrected chi connectivity index (χ2v) is 12.7. The third-order valence-electron chi connectivity index (χ3n) is 7.96. The Labute approximate surface area is 291 Å². The van der Waals surface area contributed by atoms with Gasteiger partial charge in [-0.15, -0.1) is 0 Å². The van der Waals surface area contributed by atoms with Gasteiger partial charge < -0.3 is 24.8 Å². The number of methoxy groups -OCH3 is 1. The fourth-order valence-corrected chi connectivity index (χ4v) is 5.83. The number of fused-ring (bicyclic) bond motifs is 1. The lowest BCUT2D eigenvalue weighted by Gasteiger charge is -2.18. The van der Waals surface area contributed by atoms with Crippen molar-refractivity contribution in [1.29, 1.82) is 0 Å². The number of benzene rings is 4. The van der Waals surface area contributed by atoms with Crippen molar-refractivity contribution in [2.24, 2.45) is 0 Å². The van der Waals surface area contributed by atoms with E-state index in [2.05, 4.69) is 50.6 Å². The summed E-state index contributed by atoms with van der Waals surface area (Å²) >= 11 is 3.56. The van der Waals surface area contributed by atoms with Gasteiger partial charge in [0.15, 0.2) is 11.5 Å². The Bertz CT molecular complexity index is 1780. The van der Waals surface area contributed by atoms with Crippen molar-refractivity contribution in [2.45, 2.75) is 58.4 Å². The molecule has 1 heterocycles.